The molecule has 0 radical (unpaired) electrons. The van der Waals surface area contributed by atoms with Gasteiger partial charge < -0.3 is 39.8 Å². The van der Waals surface area contributed by atoms with Crippen LogP contribution in [0.25, 0.3) is 98.6 Å². The number of likely N-dealkylation sites (tertiary alicyclic amines) is 1. The van der Waals surface area contributed by atoms with Crippen molar-refractivity contribution in [2.24, 2.45) is 0 Å². The number of piperidine rings is 1. The summed E-state index contributed by atoms with van der Waals surface area (Å²) in [4.78, 5) is 46.9. The van der Waals surface area contributed by atoms with Crippen molar-refractivity contribution in [1.82, 2.24) is 49.8 Å². The lowest BCUT2D eigenvalue weighted by molar-refractivity contribution is 0.0722. The van der Waals surface area contributed by atoms with Crippen molar-refractivity contribution in [2.75, 3.05) is 13.1 Å². The Morgan fingerprint density at radius 3 is 1.38 bits per heavy atom. The van der Waals surface area contributed by atoms with Crippen LogP contribution >= 0.6 is 11.6 Å². The molecule has 0 unspecified atom stereocenters. The number of hydrogen-bond acceptors (Lipinski definition) is 3. The van der Waals surface area contributed by atoms with E-state index in [0.29, 0.717) is 5.92 Å². The van der Waals surface area contributed by atoms with Crippen molar-refractivity contribution >= 4 is 105 Å². The highest BCUT2D eigenvalue weighted by Gasteiger charge is 2.30. The van der Waals surface area contributed by atoms with Crippen LogP contribution in [0.3, 0.4) is 0 Å². The van der Waals surface area contributed by atoms with Crippen molar-refractivity contribution in [3.8, 4) is 11.4 Å². The summed E-state index contributed by atoms with van der Waals surface area (Å²) in [6, 6.07) is 65.0. The normalized spacial score (nSPS) is 12.9. The van der Waals surface area contributed by atoms with E-state index in [4.69, 9.17) is 11.6 Å². The second kappa shape index (κ2) is 39.2. The molecule has 7 N–H and O–H groups in total. The molecule has 11 nitrogen and oxygen atoms in total. The number of aromatic amines is 7. The number of amides is 1. The first-order chi connectivity index (χ1) is 59.5. The average Bonchev–Trinajstić information content (AvgIpc) is 1.77. The van der Waals surface area contributed by atoms with Crippen LogP contribution in [0, 0.1) is 12.7 Å². The largest absolute Gasteiger partial charge is 0.361 e. The van der Waals surface area contributed by atoms with Crippen LogP contribution in [-0.4, -0.2) is 68.8 Å². The van der Waals surface area contributed by atoms with E-state index >= 15 is 0 Å². The van der Waals surface area contributed by atoms with E-state index in [9.17, 15) is 9.18 Å². The number of benzene rings is 9. The number of halogens is 2. The Hall–Kier alpha value is -11.2. The molecule has 1 fully saturated rings. The minimum absolute atomic E-state index is 0.0416. The smallest absolute Gasteiger partial charge is 0.254 e. The van der Waals surface area contributed by atoms with Gasteiger partial charge in [-0.3, -0.25) is 9.78 Å². The lowest BCUT2D eigenvalue weighted by atomic mass is 9.75. The Bertz CT molecular complexity index is 6400. The fourth-order valence-electron chi connectivity index (χ4n) is 16.5. The third-order valence-corrected chi connectivity index (χ3v) is 24.2. The first-order valence-electron chi connectivity index (χ1n) is 45.6. The molecular formula is C114H142ClFN10O. The molecule has 0 aliphatic carbocycles. The van der Waals surface area contributed by atoms with Gasteiger partial charge >= 0.3 is 0 Å². The highest BCUT2D eigenvalue weighted by Crippen LogP contribution is 2.40. The summed E-state index contributed by atoms with van der Waals surface area (Å²) in [5.74, 6) is 1.51. The first-order valence-corrected chi connectivity index (χ1v) is 46.0. The van der Waals surface area contributed by atoms with E-state index in [0.717, 1.165) is 104 Å². The lowest BCUT2D eigenvalue weighted by Crippen LogP contribution is -2.36. The Morgan fingerprint density at radius 1 is 0.409 bits per heavy atom. The molecule has 9 heterocycles. The van der Waals surface area contributed by atoms with Gasteiger partial charge in [-0.2, -0.15) is 0 Å². The Balaban J connectivity index is 0.000000141. The number of carbonyl (C=O) groups excluding carboxylic acids is 1. The molecule has 0 atom stereocenters. The summed E-state index contributed by atoms with van der Waals surface area (Å²) in [7, 11) is 0. The fraction of sp³-hybridized carbons (Fsp3) is 0.377. The standard InChI is InChI=1S/C18H24N2O.C17H18N2.C16H23N.C14H19N.C13H17N.C12H14ClN.C12H14FN.C12H13N/c1-18(2,3)15-12-16-13(7-8-19-16)11-14(15)17(21)20-9-5-4-6-10-20;1-17(2,3)13-9-10-14-15(11-13)19-16(18-14)12-7-5-4-6-8-12;1-15(2,3)12-9-11-7-8-17-14(11)10-13(12)16(4,5)6;1-5-10-8-11-6-7-15-13(11)9-12(10)14(2,3)4;1-9-8-14-11-7-5-6-10(12(9)11)13(2,3)4;2*1-12(2,3)9-7-11-8(4-5-14-11)6-10(9)13;1-9(2)12-7-10-5-3-4-6-11(10)8-13-12/h7-8,11-12,19H,4-6,9-10H2,1-3H3;4-11H,1-3H3,(H,18,19);7-10,17H,1-6H3;6-9,15H,5H2,1-4H3;5-8,14H,1-4H3;2*4-7,14H,1-3H3;3-9H,1-2H3. The molecule has 17 aromatic rings. The van der Waals surface area contributed by atoms with Gasteiger partial charge in [-0.25, -0.2) is 9.37 Å². The van der Waals surface area contributed by atoms with Gasteiger partial charge in [0.05, 0.1) is 11.0 Å². The number of aromatic nitrogens is 9. The molecule has 8 aromatic heterocycles. The van der Waals surface area contributed by atoms with Gasteiger partial charge in [-0.1, -0.05) is 271 Å². The number of imidazole rings is 1. The van der Waals surface area contributed by atoms with E-state index in [1.54, 1.807) is 6.07 Å². The predicted octanol–water partition coefficient (Wildman–Crippen LogP) is 32.3. The van der Waals surface area contributed by atoms with Crippen LogP contribution in [0.1, 0.15) is 284 Å². The minimum atomic E-state index is -0.149. The number of fused-ring (bicyclic) bond motifs is 8. The van der Waals surface area contributed by atoms with Crippen molar-refractivity contribution in [3.63, 3.8) is 0 Å². The molecule has 13 heteroatoms. The van der Waals surface area contributed by atoms with Crippen LogP contribution in [0.2, 0.25) is 5.02 Å². The number of H-pyrrole nitrogens is 7. The maximum atomic E-state index is 13.7. The molecule has 9 aromatic carbocycles. The minimum Gasteiger partial charge on any atom is -0.361 e. The summed E-state index contributed by atoms with van der Waals surface area (Å²) in [6.07, 6.45) is 18.4. The molecule has 1 amide bonds. The molecule has 1 aliphatic rings. The van der Waals surface area contributed by atoms with E-state index in [-0.39, 0.29) is 55.0 Å². The predicted molar refractivity (Wildman–Crippen MR) is 546 cm³/mol. The highest BCUT2D eigenvalue weighted by molar-refractivity contribution is 6.32. The summed E-state index contributed by atoms with van der Waals surface area (Å²) < 4.78 is 13.7. The van der Waals surface area contributed by atoms with Gasteiger partial charge in [-0.15, -0.1) is 0 Å². The van der Waals surface area contributed by atoms with E-state index in [1.807, 2.05) is 117 Å². The Labute approximate surface area is 761 Å². The molecule has 1 aliphatic heterocycles. The Kier molecular flexibility index (Phi) is 29.7. The molecule has 0 spiro atoms. The molecule has 0 saturated carbocycles. The van der Waals surface area contributed by atoms with Crippen LogP contribution in [0.5, 0.6) is 0 Å². The quantitative estimate of drug-likeness (QED) is 0.0938. The maximum Gasteiger partial charge on any atom is 0.254 e. The van der Waals surface area contributed by atoms with E-state index in [2.05, 4.69) is 352 Å². The second-order valence-electron chi connectivity index (χ2n) is 43.0. The summed E-state index contributed by atoms with van der Waals surface area (Å²) in [5, 5.41) is 10.6. The monoisotopic (exact) mass is 1720 g/mol. The molecular weight excluding hydrogens is 1580 g/mol. The highest BCUT2D eigenvalue weighted by atomic mass is 35.5. The van der Waals surface area contributed by atoms with Gasteiger partial charge in [0, 0.05) is 138 Å². The first kappa shape index (κ1) is 96.4. The topological polar surface area (TPSA) is 157 Å². The zero-order valence-corrected chi connectivity index (χ0v) is 82.0. The van der Waals surface area contributed by atoms with E-state index < -0.39 is 0 Å². The van der Waals surface area contributed by atoms with Crippen molar-refractivity contribution in [2.45, 2.75) is 269 Å². The van der Waals surface area contributed by atoms with Crippen molar-refractivity contribution in [1.29, 1.82) is 0 Å². The second-order valence-corrected chi connectivity index (χ2v) is 43.4. The molecule has 0 bridgehead atoms. The van der Waals surface area contributed by atoms with Crippen molar-refractivity contribution in [3.05, 3.63) is 309 Å². The number of nitrogens with zero attached hydrogens (tertiary/aromatic N) is 3. The molecule has 1 saturated heterocycles. The van der Waals surface area contributed by atoms with Gasteiger partial charge in [0.25, 0.3) is 5.91 Å². The Morgan fingerprint density at radius 2 is 0.866 bits per heavy atom. The number of nitrogens with one attached hydrogen (secondary N) is 7. The zero-order chi connectivity index (χ0) is 92.7. The third kappa shape index (κ3) is 24.4. The van der Waals surface area contributed by atoms with Gasteiger partial charge in [0.2, 0.25) is 0 Å². The third-order valence-electron chi connectivity index (χ3n) is 23.9. The molecule has 18 rings (SSSR count). The average molecular weight is 1720 g/mol. The number of hydrogen-bond donors (Lipinski definition) is 7. The lowest BCUT2D eigenvalue weighted by Gasteiger charge is -2.30. The molecule has 668 valence electrons. The van der Waals surface area contributed by atoms with Gasteiger partial charge in [0.15, 0.2) is 0 Å². The number of pyridine rings is 1. The van der Waals surface area contributed by atoms with Crippen LogP contribution in [0.4, 0.5) is 4.39 Å². The van der Waals surface area contributed by atoms with Crippen molar-refractivity contribution < 1.29 is 9.18 Å². The van der Waals surface area contributed by atoms with E-state index in [1.165, 1.54) is 105 Å². The van der Waals surface area contributed by atoms with Crippen LogP contribution in [0.15, 0.2) is 231 Å². The summed E-state index contributed by atoms with van der Waals surface area (Å²) in [6.45, 7) is 63.6. The number of aryl methyl sites for hydroxylation is 2. The maximum absolute atomic E-state index is 13.7. The SMILES string of the molecule is CC(C)(C)c1cc2[nH]ccc2cc1C(=O)N1CCCCC1.CC(C)(C)c1cc2[nH]ccc2cc1Cl.CC(C)(C)c1cc2[nH]ccc2cc1F.CC(C)(C)c1cc2cc[nH]c2cc1C(C)(C)C.CC(C)(C)c1ccc2nc(-c3ccccc3)[nH]c2c1.CC(C)c1cc2ccccc2cn1.CCc1cc2cc[nH]c2cc1C(C)(C)C.Cc1c[nH]c2cccc(C(C)(C)C)c12. The van der Waals surface area contributed by atoms with Gasteiger partial charge in [-0.05, 0) is 269 Å². The summed E-state index contributed by atoms with van der Waals surface area (Å²) in [5.41, 5.74) is 26.1. The summed E-state index contributed by atoms with van der Waals surface area (Å²) >= 11 is 6.23. The number of carbonyl (C=O) groups is 1. The van der Waals surface area contributed by atoms with Crippen LogP contribution < -0.4 is 0 Å². The van der Waals surface area contributed by atoms with Gasteiger partial charge in [0.1, 0.15) is 11.6 Å². The zero-order valence-electron chi connectivity index (χ0n) is 81.3. The molecule has 127 heavy (non-hydrogen) atoms. The number of rotatable bonds is 4. The van der Waals surface area contributed by atoms with Crippen LogP contribution in [-0.2, 0) is 49.7 Å². The fourth-order valence-corrected chi connectivity index (χ4v) is 17.0.